The Morgan fingerprint density at radius 1 is 1.38 bits per heavy atom. The van der Waals surface area contributed by atoms with Crippen LogP contribution in [0.1, 0.15) is 23.3 Å². The minimum absolute atomic E-state index is 0.167. The second-order valence-electron chi connectivity index (χ2n) is 4.94. The third-order valence-electron chi connectivity index (χ3n) is 3.51. The van der Waals surface area contributed by atoms with Crippen LogP contribution in [-0.4, -0.2) is 40.0 Å². The number of aliphatic carboxylic acids is 1. The third kappa shape index (κ3) is 2.98. The molecule has 0 saturated carbocycles. The highest BCUT2D eigenvalue weighted by molar-refractivity contribution is 7.20. The molecule has 3 rings (SSSR count). The summed E-state index contributed by atoms with van der Waals surface area (Å²) in [4.78, 5) is 30.5. The zero-order valence-electron chi connectivity index (χ0n) is 11.2. The van der Waals surface area contributed by atoms with E-state index in [2.05, 4.69) is 4.98 Å². The molecule has 1 aliphatic rings. The first kappa shape index (κ1) is 14.2. The lowest BCUT2D eigenvalue weighted by Gasteiger charge is -2.30. The summed E-state index contributed by atoms with van der Waals surface area (Å²) < 4.78 is 0. The van der Waals surface area contributed by atoms with Crippen LogP contribution in [0, 0.1) is 5.92 Å². The molecular weight excluding hydrogens is 308 g/mol. The zero-order valence-corrected chi connectivity index (χ0v) is 12.8. The molecular formula is C14H14N2O3S2. The molecule has 1 aliphatic heterocycles. The van der Waals surface area contributed by atoms with E-state index in [1.807, 2.05) is 17.5 Å². The van der Waals surface area contributed by atoms with Gasteiger partial charge >= 0.3 is 5.97 Å². The van der Waals surface area contributed by atoms with Crippen molar-refractivity contribution in [3.63, 3.8) is 0 Å². The van der Waals surface area contributed by atoms with Crippen molar-refractivity contribution in [1.82, 2.24) is 9.88 Å². The van der Waals surface area contributed by atoms with Gasteiger partial charge in [0, 0.05) is 18.5 Å². The summed E-state index contributed by atoms with van der Waals surface area (Å²) in [5.41, 5.74) is 0.412. The molecule has 5 nitrogen and oxygen atoms in total. The first-order chi connectivity index (χ1) is 10.1. The second kappa shape index (κ2) is 5.95. The van der Waals surface area contributed by atoms with Crippen molar-refractivity contribution in [2.24, 2.45) is 5.92 Å². The Morgan fingerprint density at radius 3 is 2.95 bits per heavy atom. The van der Waals surface area contributed by atoms with E-state index in [-0.39, 0.29) is 12.5 Å². The summed E-state index contributed by atoms with van der Waals surface area (Å²) in [6.07, 6.45) is 1.36. The molecule has 1 saturated heterocycles. The fourth-order valence-corrected chi connectivity index (χ4v) is 4.02. The molecule has 7 heteroatoms. The number of amides is 1. The summed E-state index contributed by atoms with van der Waals surface area (Å²) in [7, 11) is 0. The maximum Gasteiger partial charge on any atom is 0.308 e. The molecule has 1 atom stereocenters. The second-order valence-corrected chi connectivity index (χ2v) is 6.75. The number of thiazole rings is 1. The number of piperidine rings is 1. The van der Waals surface area contributed by atoms with E-state index in [9.17, 15) is 9.59 Å². The smallest absolute Gasteiger partial charge is 0.308 e. The summed E-state index contributed by atoms with van der Waals surface area (Å²) in [5.74, 6) is -1.46. The number of nitrogens with zero attached hydrogens (tertiary/aromatic N) is 2. The SMILES string of the molecule is O=C(O)[C@H]1CCCN(C(=O)c2csc(-c3cccs3)n2)C1. The Bertz CT molecular complexity index is 651. The van der Waals surface area contributed by atoms with Crippen molar-refractivity contribution in [2.75, 3.05) is 13.1 Å². The number of carboxylic acids is 1. The molecule has 0 radical (unpaired) electrons. The van der Waals surface area contributed by atoms with E-state index in [1.165, 1.54) is 11.3 Å². The Kier molecular flexibility index (Phi) is 4.03. The van der Waals surface area contributed by atoms with Gasteiger partial charge in [0.05, 0.1) is 10.8 Å². The van der Waals surface area contributed by atoms with Crippen LogP contribution in [0.2, 0.25) is 0 Å². The van der Waals surface area contributed by atoms with Gasteiger partial charge in [-0.15, -0.1) is 22.7 Å². The van der Waals surface area contributed by atoms with Gasteiger partial charge in [0.2, 0.25) is 0 Å². The summed E-state index contributed by atoms with van der Waals surface area (Å²) in [6.45, 7) is 0.883. The van der Waals surface area contributed by atoms with Crippen molar-refractivity contribution in [1.29, 1.82) is 0 Å². The highest BCUT2D eigenvalue weighted by Crippen LogP contribution is 2.28. The van der Waals surface area contributed by atoms with Crippen LogP contribution >= 0.6 is 22.7 Å². The van der Waals surface area contributed by atoms with Crippen molar-refractivity contribution in [2.45, 2.75) is 12.8 Å². The molecule has 110 valence electrons. The van der Waals surface area contributed by atoms with E-state index in [0.717, 1.165) is 16.3 Å². The van der Waals surface area contributed by atoms with E-state index in [1.54, 1.807) is 21.6 Å². The molecule has 1 amide bonds. The molecule has 0 aliphatic carbocycles. The summed E-state index contributed by atoms with van der Waals surface area (Å²) in [5, 5.41) is 13.6. The monoisotopic (exact) mass is 322 g/mol. The number of carbonyl (C=O) groups is 2. The fraction of sp³-hybridized carbons (Fsp3) is 0.357. The van der Waals surface area contributed by atoms with Gasteiger partial charge in [-0.1, -0.05) is 6.07 Å². The van der Waals surface area contributed by atoms with Crippen molar-refractivity contribution in [3.05, 3.63) is 28.6 Å². The molecule has 0 spiro atoms. The Labute approximate surface area is 129 Å². The van der Waals surface area contributed by atoms with Gasteiger partial charge < -0.3 is 10.0 Å². The molecule has 3 heterocycles. The number of thiophene rings is 1. The van der Waals surface area contributed by atoms with Crippen molar-refractivity contribution in [3.8, 4) is 9.88 Å². The third-order valence-corrected chi connectivity index (χ3v) is 5.39. The Morgan fingerprint density at radius 2 is 2.24 bits per heavy atom. The van der Waals surface area contributed by atoms with Crippen molar-refractivity contribution < 1.29 is 14.7 Å². The number of hydrogen-bond donors (Lipinski definition) is 1. The van der Waals surface area contributed by atoms with E-state index in [0.29, 0.717) is 18.7 Å². The minimum Gasteiger partial charge on any atom is -0.481 e. The zero-order chi connectivity index (χ0) is 14.8. The van der Waals surface area contributed by atoms with Crippen LogP contribution in [0.15, 0.2) is 22.9 Å². The lowest BCUT2D eigenvalue weighted by molar-refractivity contribution is -0.143. The molecule has 1 N–H and O–H groups in total. The molecule has 2 aromatic rings. The fourth-order valence-electron chi connectivity index (χ4n) is 2.41. The van der Waals surface area contributed by atoms with E-state index < -0.39 is 11.9 Å². The van der Waals surface area contributed by atoms with Crippen LogP contribution < -0.4 is 0 Å². The molecule has 21 heavy (non-hydrogen) atoms. The Hall–Kier alpha value is -1.73. The molecule has 2 aromatic heterocycles. The average Bonchev–Trinajstić information content (AvgIpc) is 3.17. The number of carboxylic acid groups (broad SMARTS) is 1. The maximum atomic E-state index is 12.4. The normalized spacial score (nSPS) is 18.7. The highest BCUT2D eigenvalue weighted by atomic mass is 32.1. The molecule has 0 bridgehead atoms. The lowest BCUT2D eigenvalue weighted by Crippen LogP contribution is -2.42. The average molecular weight is 322 g/mol. The predicted molar refractivity (Wildman–Crippen MR) is 81.7 cm³/mol. The van der Waals surface area contributed by atoms with Gasteiger partial charge in [0.1, 0.15) is 10.7 Å². The Balaban J connectivity index is 1.74. The van der Waals surface area contributed by atoms with Gasteiger partial charge in [0.15, 0.2) is 0 Å². The summed E-state index contributed by atoms with van der Waals surface area (Å²) >= 11 is 3.03. The standard InChI is InChI=1S/C14H14N2O3S2/c17-13(16-5-1-3-9(7-16)14(18)19)10-8-21-12(15-10)11-4-2-6-20-11/h2,4,6,8-9H,1,3,5,7H2,(H,18,19)/t9-/m0/s1. The lowest BCUT2D eigenvalue weighted by atomic mass is 9.98. The minimum atomic E-state index is -0.829. The first-order valence-corrected chi connectivity index (χ1v) is 8.42. The number of aromatic nitrogens is 1. The largest absolute Gasteiger partial charge is 0.481 e. The van der Waals surface area contributed by atoms with E-state index >= 15 is 0 Å². The van der Waals surface area contributed by atoms with E-state index in [4.69, 9.17) is 5.11 Å². The van der Waals surface area contributed by atoms with Gasteiger partial charge in [-0.2, -0.15) is 0 Å². The van der Waals surface area contributed by atoms with Crippen LogP contribution in [0.4, 0.5) is 0 Å². The summed E-state index contributed by atoms with van der Waals surface area (Å²) in [6, 6.07) is 3.92. The number of carbonyl (C=O) groups excluding carboxylic acids is 1. The highest BCUT2D eigenvalue weighted by Gasteiger charge is 2.29. The molecule has 0 aromatic carbocycles. The van der Waals surface area contributed by atoms with Gasteiger partial charge in [-0.3, -0.25) is 9.59 Å². The number of hydrogen-bond acceptors (Lipinski definition) is 5. The van der Waals surface area contributed by atoms with Crippen LogP contribution in [0.25, 0.3) is 9.88 Å². The van der Waals surface area contributed by atoms with Gasteiger partial charge in [0.25, 0.3) is 5.91 Å². The topological polar surface area (TPSA) is 70.5 Å². The molecule has 0 unspecified atom stereocenters. The first-order valence-electron chi connectivity index (χ1n) is 6.66. The van der Waals surface area contributed by atoms with Crippen LogP contribution in [0.5, 0.6) is 0 Å². The number of likely N-dealkylation sites (tertiary alicyclic amines) is 1. The van der Waals surface area contributed by atoms with Crippen LogP contribution in [0.3, 0.4) is 0 Å². The van der Waals surface area contributed by atoms with Crippen LogP contribution in [-0.2, 0) is 4.79 Å². The van der Waals surface area contributed by atoms with Gasteiger partial charge in [-0.05, 0) is 24.3 Å². The van der Waals surface area contributed by atoms with Gasteiger partial charge in [-0.25, -0.2) is 4.98 Å². The maximum absolute atomic E-state index is 12.4. The quantitative estimate of drug-likeness (QED) is 0.943. The molecule has 1 fully saturated rings. The number of rotatable bonds is 3. The van der Waals surface area contributed by atoms with Crippen molar-refractivity contribution >= 4 is 34.6 Å². The predicted octanol–water partition coefficient (Wildman–Crippen LogP) is 2.81.